The second-order valence-electron chi connectivity index (χ2n) is 9.41. The predicted molar refractivity (Wildman–Crippen MR) is 115 cm³/mol. The lowest BCUT2D eigenvalue weighted by atomic mass is 10.0. The van der Waals surface area contributed by atoms with E-state index in [4.69, 9.17) is 22.2 Å². The fraction of sp³-hybridized carbons (Fsp3) is 1.00. The van der Waals surface area contributed by atoms with Crippen molar-refractivity contribution in [2.24, 2.45) is 0 Å². The molecular weight excluding hydrogens is 687 g/mol. The van der Waals surface area contributed by atoms with Crippen LogP contribution in [0.3, 0.4) is 0 Å². The van der Waals surface area contributed by atoms with Gasteiger partial charge < -0.3 is 4.57 Å². The molecule has 0 bridgehead atoms. The van der Waals surface area contributed by atoms with Crippen molar-refractivity contribution in [1.82, 2.24) is 4.57 Å². The van der Waals surface area contributed by atoms with Crippen molar-refractivity contribution in [3.05, 3.63) is 0 Å². The third-order valence-corrected chi connectivity index (χ3v) is 12.3. The molecule has 0 aliphatic heterocycles. The van der Waals surface area contributed by atoms with E-state index < -0.39 is 87.7 Å². The highest BCUT2D eigenvalue weighted by atomic mass is 35.7. The van der Waals surface area contributed by atoms with Gasteiger partial charge in [-0.2, -0.15) is 70.2 Å². The highest BCUT2D eigenvalue weighted by Crippen LogP contribution is 2.55. The van der Waals surface area contributed by atoms with Gasteiger partial charge in [0, 0.05) is 19.3 Å². The lowest BCUT2D eigenvalue weighted by molar-refractivity contribution is -0.396. The van der Waals surface area contributed by atoms with Gasteiger partial charge in [0.15, 0.2) is 0 Å². The highest BCUT2D eigenvalue weighted by molar-refractivity contribution is 7.46. The number of rotatable bonds is 11. The average Bonchev–Trinajstić information content (AvgIpc) is 2.68. The zero-order chi connectivity index (χ0) is 33.4. The third kappa shape index (κ3) is 9.36. The van der Waals surface area contributed by atoms with Crippen molar-refractivity contribution in [2.75, 3.05) is 14.1 Å². The van der Waals surface area contributed by atoms with Gasteiger partial charge >= 0.3 is 54.2 Å². The van der Waals surface area contributed by atoms with Gasteiger partial charge in [-0.1, -0.05) is 13.1 Å². The van der Waals surface area contributed by atoms with E-state index in [1.807, 2.05) is 0 Å². The van der Waals surface area contributed by atoms with Gasteiger partial charge in [-0.25, -0.2) is 8.78 Å². The normalized spacial score (nSPS) is 15.8. The first-order valence-electron chi connectivity index (χ1n) is 10.3. The standard InChI is InChI=1S/C10H16F9NSi.C7H7Cl2F9Si/c1-20(2)21(3,4)6-5-7(11,12)8(13,14)9(15,16)10(17,18)19;1-19(8,9)7(17,18)6(15,16)4(10,11)2-3-5(12,13)14/h5-6H2,1-4H3;2-3H2,1H3. The third-order valence-electron chi connectivity index (χ3n) is 5.60. The topological polar surface area (TPSA) is 3.24 Å². The minimum Gasteiger partial charge on any atom is -0.329 e. The number of nitrogens with zero attached hydrogens (tertiary/aromatic N) is 1. The van der Waals surface area contributed by atoms with Crippen molar-refractivity contribution in [1.29, 1.82) is 0 Å². The molecule has 23 heteroatoms. The first-order chi connectivity index (χ1) is 16.9. The van der Waals surface area contributed by atoms with Crippen LogP contribution in [0.15, 0.2) is 0 Å². The molecule has 0 aromatic rings. The Morgan fingerprint density at radius 1 is 0.525 bits per heavy atom. The molecule has 0 aliphatic rings. The van der Waals surface area contributed by atoms with Crippen molar-refractivity contribution < 1.29 is 79.0 Å². The van der Waals surface area contributed by atoms with Gasteiger partial charge in [0.1, 0.15) is 8.24 Å². The maximum absolute atomic E-state index is 13.3. The predicted octanol–water partition coefficient (Wildman–Crippen LogP) is 9.93. The first kappa shape index (κ1) is 41.8. The van der Waals surface area contributed by atoms with Crippen LogP contribution in [0.1, 0.15) is 19.3 Å². The SMILES string of the molecule is CN(C)[Si](C)(C)CCC(F)(F)C(F)(F)C(F)(F)C(F)(F)F.C[Si](Cl)(Cl)C(F)(F)C(F)(F)C(F)(F)CCC(F)(F)F. The molecule has 0 heterocycles. The smallest absolute Gasteiger partial charge is 0.329 e. The molecule has 0 spiro atoms. The molecule has 0 rings (SSSR count). The van der Waals surface area contributed by atoms with Crippen LogP contribution < -0.4 is 0 Å². The molecule has 0 fully saturated rings. The van der Waals surface area contributed by atoms with E-state index in [1.54, 1.807) is 0 Å². The lowest BCUT2D eigenvalue weighted by Crippen LogP contribution is -2.62. The van der Waals surface area contributed by atoms with Crippen LogP contribution in [0.2, 0.25) is 25.7 Å². The number of hydrogen-bond donors (Lipinski definition) is 0. The molecule has 1 nitrogen and oxygen atoms in total. The average molecular weight is 710 g/mol. The number of hydrogen-bond acceptors (Lipinski definition) is 1. The van der Waals surface area contributed by atoms with Gasteiger partial charge in [-0.05, 0) is 26.7 Å². The van der Waals surface area contributed by atoms with Gasteiger partial charge in [0.25, 0.3) is 0 Å². The lowest BCUT2D eigenvalue weighted by Gasteiger charge is -2.36. The van der Waals surface area contributed by atoms with E-state index in [1.165, 1.54) is 31.8 Å². The first-order valence-corrected chi connectivity index (χ1v) is 18.0. The molecule has 0 atom stereocenters. The summed E-state index contributed by atoms with van der Waals surface area (Å²) in [5.41, 5.74) is -5.49. The molecule has 0 aromatic carbocycles. The van der Waals surface area contributed by atoms with E-state index in [0.717, 1.165) is 0 Å². The summed E-state index contributed by atoms with van der Waals surface area (Å²) < 4.78 is 228. The van der Waals surface area contributed by atoms with E-state index >= 15 is 0 Å². The zero-order valence-electron chi connectivity index (χ0n) is 20.8. The van der Waals surface area contributed by atoms with E-state index in [9.17, 15) is 79.0 Å². The quantitative estimate of drug-likeness (QED) is 0.117. The van der Waals surface area contributed by atoms with Crippen molar-refractivity contribution in [3.8, 4) is 0 Å². The molecule has 0 saturated heterocycles. The summed E-state index contributed by atoms with van der Waals surface area (Å²) in [7, 11) is 0.405. The monoisotopic (exact) mass is 709 g/mol. The maximum Gasteiger partial charge on any atom is 0.460 e. The zero-order valence-corrected chi connectivity index (χ0v) is 24.3. The van der Waals surface area contributed by atoms with Crippen LogP contribution >= 0.6 is 22.2 Å². The summed E-state index contributed by atoms with van der Waals surface area (Å²) >= 11 is 9.65. The number of alkyl halides is 18. The van der Waals surface area contributed by atoms with Crippen LogP contribution in [0.25, 0.3) is 0 Å². The molecule has 0 N–H and O–H groups in total. The molecule has 0 saturated carbocycles. The van der Waals surface area contributed by atoms with Gasteiger partial charge in [-0.3, -0.25) is 0 Å². The second kappa shape index (κ2) is 12.4. The second-order valence-corrected chi connectivity index (χ2v) is 22.0. The molecular formula is C17H23Cl2F18NSi2. The summed E-state index contributed by atoms with van der Waals surface area (Å²) in [5.74, 6) is -30.4. The van der Waals surface area contributed by atoms with Crippen molar-refractivity contribution in [3.63, 3.8) is 0 Å². The summed E-state index contributed by atoms with van der Waals surface area (Å²) in [5, 5.41) is 0. The minimum atomic E-state index is -6.80. The summed E-state index contributed by atoms with van der Waals surface area (Å²) in [6, 6.07) is -0.559. The summed E-state index contributed by atoms with van der Waals surface area (Å²) in [4.78, 5) is 0. The highest BCUT2D eigenvalue weighted by Gasteiger charge is 2.81. The van der Waals surface area contributed by atoms with Crippen molar-refractivity contribution in [2.45, 2.75) is 92.5 Å². The largest absolute Gasteiger partial charge is 0.460 e. The number of halogens is 20. The molecule has 40 heavy (non-hydrogen) atoms. The van der Waals surface area contributed by atoms with Crippen LogP contribution in [0.5, 0.6) is 0 Å². The summed E-state index contributed by atoms with van der Waals surface area (Å²) in [6.07, 6.45) is -18.5. The molecule has 244 valence electrons. The Morgan fingerprint density at radius 2 is 0.875 bits per heavy atom. The van der Waals surface area contributed by atoms with Gasteiger partial charge in [-0.15, -0.1) is 22.2 Å². The van der Waals surface area contributed by atoms with Crippen LogP contribution in [0, 0.1) is 0 Å². The maximum atomic E-state index is 13.3. The fourth-order valence-corrected chi connectivity index (χ4v) is 5.03. The Labute approximate surface area is 227 Å². The molecule has 0 unspecified atom stereocenters. The van der Waals surface area contributed by atoms with E-state index in [0.29, 0.717) is 0 Å². The Hall–Kier alpha value is -0.286. The van der Waals surface area contributed by atoms with Gasteiger partial charge in [0.2, 0.25) is 0 Å². The van der Waals surface area contributed by atoms with Crippen molar-refractivity contribution >= 4 is 37.1 Å². The molecule has 0 radical (unpaired) electrons. The van der Waals surface area contributed by atoms with Crippen LogP contribution in [-0.2, 0) is 0 Å². The van der Waals surface area contributed by atoms with E-state index in [2.05, 4.69) is 0 Å². The molecule has 0 aromatic heterocycles. The Kier molecular flexibility index (Phi) is 12.9. The Balaban J connectivity index is 0. The van der Waals surface area contributed by atoms with E-state index in [-0.39, 0.29) is 6.55 Å². The molecule has 0 aliphatic carbocycles. The van der Waals surface area contributed by atoms with Crippen LogP contribution in [-0.4, -0.2) is 81.1 Å². The fourth-order valence-electron chi connectivity index (χ4n) is 2.21. The Morgan fingerprint density at radius 3 is 1.15 bits per heavy atom. The summed E-state index contributed by atoms with van der Waals surface area (Å²) in [6.45, 7) is -1.83. The minimum absolute atomic E-state index is 0.268. The van der Waals surface area contributed by atoms with Crippen LogP contribution in [0.4, 0.5) is 79.0 Å². The van der Waals surface area contributed by atoms with Gasteiger partial charge in [0.05, 0.1) is 0 Å². The molecule has 0 amide bonds. The Bertz CT molecular complexity index is 819.